The molecule has 1 heterocycles. The molecule has 0 amide bonds. The minimum atomic E-state index is 0.437. The number of halogens is 1. The first-order valence-electron chi connectivity index (χ1n) is 5.14. The zero-order valence-electron chi connectivity index (χ0n) is 9.68. The normalized spacial score (nSPS) is 10.5. The third kappa shape index (κ3) is 2.96. The second-order valence-electron chi connectivity index (χ2n) is 3.54. The summed E-state index contributed by atoms with van der Waals surface area (Å²) < 4.78 is 7.31. The van der Waals surface area contributed by atoms with E-state index >= 15 is 0 Å². The molecule has 0 unspecified atom stereocenters. The van der Waals surface area contributed by atoms with E-state index in [1.807, 2.05) is 43.8 Å². The number of ether oxygens (including phenoxy) is 1. The number of aryl methyl sites for hydroxylation is 1. The molecule has 0 N–H and O–H groups in total. The van der Waals surface area contributed by atoms with Crippen LogP contribution in [0.3, 0.4) is 0 Å². The van der Waals surface area contributed by atoms with Gasteiger partial charge < -0.3 is 4.74 Å². The van der Waals surface area contributed by atoms with Crippen LogP contribution in [-0.4, -0.2) is 16.0 Å². The van der Waals surface area contributed by atoms with Crippen molar-refractivity contribution in [2.45, 2.75) is 11.5 Å². The summed E-state index contributed by atoms with van der Waals surface area (Å²) in [7, 11) is 1.86. The molecule has 5 heteroatoms. The molecule has 2 aromatic rings. The molecule has 0 aliphatic rings. The highest BCUT2D eigenvalue weighted by Crippen LogP contribution is 2.27. The van der Waals surface area contributed by atoms with E-state index in [9.17, 15) is 0 Å². The molecule has 1 aromatic heterocycles. The van der Waals surface area contributed by atoms with Crippen LogP contribution in [0.4, 0.5) is 0 Å². The number of hydrogen-bond acceptors (Lipinski definition) is 3. The lowest BCUT2D eigenvalue weighted by Gasteiger charge is -2.09. The fourth-order valence-corrected chi connectivity index (χ4v) is 2.40. The number of benzene rings is 1. The second-order valence-corrected chi connectivity index (χ2v) is 4.79. The third-order valence-electron chi connectivity index (χ3n) is 2.35. The summed E-state index contributed by atoms with van der Waals surface area (Å²) in [5.41, 5.74) is 1.01. The predicted molar refractivity (Wildman–Crippen MR) is 70.8 cm³/mol. The molecule has 3 nitrogen and oxygen atoms in total. The maximum Gasteiger partial charge on any atom is 0.233 e. The van der Waals surface area contributed by atoms with E-state index in [0.717, 1.165) is 15.5 Å². The van der Waals surface area contributed by atoms with Gasteiger partial charge in [0.1, 0.15) is 6.61 Å². The lowest BCUT2D eigenvalue weighted by molar-refractivity contribution is 0.288. The summed E-state index contributed by atoms with van der Waals surface area (Å²) in [5.74, 6) is 0.611. The molecule has 0 saturated carbocycles. The summed E-state index contributed by atoms with van der Waals surface area (Å²) in [6, 6.07) is 7.68. The van der Waals surface area contributed by atoms with E-state index in [2.05, 4.69) is 5.10 Å². The Hall–Kier alpha value is -1.13. The minimum Gasteiger partial charge on any atom is -0.472 e. The Morgan fingerprint density at radius 1 is 1.41 bits per heavy atom. The number of nitrogens with zero attached hydrogens (tertiary/aromatic N) is 2. The lowest BCUT2D eigenvalue weighted by Crippen LogP contribution is -1.99. The summed E-state index contributed by atoms with van der Waals surface area (Å²) >= 11 is 7.82. The van der Waals surface area contributed by atoms with Gasteiger partial charge >= 0.3 is 0 Å². The molecule has 0 spiro atoms. The Bertz CT molecular complexity index is 513. The summed E-state index contributed by atoms with van der Waals surface area (Å²) in [5, 5.41) is 4.88. The van der Waals surface area contributed by atoms with Gasteiger partial charge in [0.2, 0.25) is 5.88 Å². The molecule has 17 heavy (non-hydrogen) atoms. The van der Waals surface area contributed by atoms with Gasteiger partial charge in [0.25, 0.3) is 0 Å². The highest BCUT2D eigenvalue weighted by atomic mass is 35.5. The molecule has 0 aliphatic carbocycles. The van der Waals surface area contributed by atoms with Crippen molar-refractivity contribution in [2.24, 2.45) is 7.05 Å². The molecule has 1 aromatic carbocycles. The van der Waals surface area contributed by atoms with Gasteiger partial charge in [-0.15, -0.1) is 16.9 Å². The largest absolute Gasteiger partial charge is 0.472 e. The minimum absolute atomic E-state index is 0.437. The van der Waals surface area contributed by atoms with Crippen LogP contribution in [0, 0.1) is 0 Å². The number of thioether (sulfide) groups is 1. The van der Waals surface area contributed by atoms with Crippen molar-refractivity contribution in [1.82, 2.24) is 9.78 Å². The molecule has 2 rings (SSSR count). The van der Waals surface area contributed by atoms with E-state index in [-0.39, 0.29) is 0 Å². The molecule has 0 fully saturated rings. The van der Waals surface area contributed by atoms with E-state index in [0.29, 0.717) is 12.5 Å². The van der Waals surface area contributed by atoms with Crippen LogP contribution in [0.2, 0.25) is 5.02 Å². The predicted octanol–water partition coefficient (Wildman–Crippen LogP) is 3.37. The van der Waals surface area contributed by atoms with E-state index in [1.165, 1.54) is 0 Å². The van der Waals surface area contributed by atoms with Gasteiger partial charge in [-0.05, 0) is 18.4 Å². The standard InChI is InChI=1S/C12H13ClN2OS/c1-15-7-6-12(14-15)16-8-9-10(13)4-3-5-11(9)17-2/h3-7H,8H2,1-2H3. The Labute approximate surface area is 110 Å². The van der Waals surface area contributed by atoms with Crippen LogP contribution in [0.5, 0.6) is 5.88 Å². The van der Waals surface area contributed by atoms with Crippen LogP contribution in [0.1, 0.15) is 5.56 Å². The van der Waals surface area contributed by atoms with Crippen molar-refractivity contribution in [3.05, 3.63) is 41.0 Å². The van der Waals surface area contributed by atoms with Gasteiger partial charge in [0, 0.05) is 34.8 Å². The number of rotatable bonds is 4. The van der Waals surface area contributed by atoms with Crippen molar-refractivity contribution >= 4 is 23.4 Å². The molecule has 90 valence electrons. The van der Waals surface area contributed by atoms with Crippen molar-refractivity contribution < 1.29 is 4.74 Å². The fraction of sp³-hybridized carbons (Fsp3) is 0.250. The van der Waals surface area contributed by atoms with Crippen LogP contribution < -0.4 is 4.74 Å². The molecular weight excluding hydrogens is 256 g/mol. The quantitative estimate of drug-likeness (QED) is 0.796. The van der Waals surface area contributed by atoms with Crippen LogP contribution >= 0.6 is 23.4 Å². The molecular formula is C12H13ClN2OS. The van der Waals surface area contributed by atoms with E-state index < -0.39 is 0 Å². The smallest absolute Gasteiger partial charge is 0.233 e. The zero-order chi connectivity index (χ0) is 12.3. The van der Waals surface area contributed by atoms with Gasteiger partial charge in [-0.3, -0.25) is 4.68 Å². The van der Waals surface area contributed by atoms with Gasteiger partial charge in [-0.2, -0.15) is 0 Å². The summed E-state index contributed by atoms with van der Waals surface area (Å²) in [6.45, 7) is 0.437. The molecule has 0 radical (unpaired) electrons. The zero-order valence-corrected chi connectivity index (χ0v) is 11.3. The number of hydrogen-bond donors (Lipinski definition) is 0. The molecule has 0 atom stereocenters. The van der Waals surface area contributed by atoms with E-state index in [1.54, 1.807) is 16.4 Å². The second kappa shape index (κ2) is 5.47. The Balaban J connectivity index is 2.13. The molecule has 0 bridgehead atoms. The maximum atomic E-state index is 6.16. The van der Waals surface area contributed by atoms with Gasteiger partial charge in [0.15, 0.2) is 0 Å². The van der Waals surface area contributed by atoms with E-state index in [4.69, 9.17) is 16.3 Å². The highest BCUT2D eigenvalue weighted by Gasteiger charge is 2.07. The lowest BCUT2D eigenvalue weighted by atomic mass is 10.2. The summed E-state index contributed by atoms with van der Waals surface area (Å²) in [6.07, 6.45) is 3.87. The average molecular weight is 269 g/mol. The van der Waals surface area contributed by atoms with Gasteiger partial charge in [-0.25, -0.2) is 0 Å². The monoisotopic (exact) mass is 268 g/mol. The first-order chi connectivity index (χ1) is 8.20. The van der Waals surface area contributed by atoms with Crippen molar-refractivity contribution in [2.75, 3.05) is 6.26 Å². The number of aromatic nitrogens is 2. The first-order valence-corrected chi connectivity index (χ1v) is 6.75. The van der Waals surface area contributed by atoms with Crippen molar-refractivity contribution in [3.8, 4) is 5.88 Å². The average Bonchev–Trinajstić information content (AvgIpc) is 2.73. The van der Waals surface area contributed by atoms with Crippen LogP contribution in [0.15, 0.2) is 35.4 Å². The Kier molecular flexibility index (Phi) is 3.97. The van der Waals surface area contributed by atoms with Crippen molar-refractivity contribution in [3.63, 3.8) is 0 Å². The SMILES string of the molecule is CSc1cccc(Cl)c1COc1ccn(C)n1. The third-order valence-corrected chi connectivity index (χ3v) is 3.53. The molecule has 0 aliphatic heterocycles. The van der Waals surface area contributed by atoms with Gasteiger partial charge in [0.05, 0.1) is 0 Å². The first kappa shape index (κ1) is 12.3. The Morgan fingerprint density at radius 3 is 2.88 bits per heavy atom. The maximum absolute atomic E-state index is 6.16. The summed E-state index contributed by atoms with van der Waals surface area (Å²) in [4.78, 5) is 1.13. The highest BCUT2D eigenvalue weighted by molar-refractivity contribution is 7.98. The van der Waals surface area contributed by atoms with Crippen LogP contribution in [-0.2, 0) is 13.7 Å². The molecule has 0 saturated heterocycles. The fourth-order valence-electron chi connectivity index (χ4n) is 1.49. The van der Waals surface area contributed by atoms with Gasteiger partial charge in [-0.1, -0.05) is 17.7 Å². The van der Waals surface area contributed by atoms with Crippen LogP contribution in [0.25, 0.3) is 0 Å². The van der Waals surface area contributed by atoms with Crippen molar-refractivity contribution in [1.29, 1.82) is 0 Å². The Morgan fingerprint density at radius 2 is 2.24 bits per heavy atom. The topological polar surface area (TPSA) is 27.1 Å².